The molecule has 1 atom stereocenters. The standard InChI is InChI=1S/C9H11NO3/c11-7-9(5-2-6-10-9)4-1-3-8(12)13/h2,5-7H,1,3-4H2,(H,12,13). The number of nitrogens with zero attached hydrogens (tertiary/aromatic N) is 1. The molecule has 1 unspecified atom stereocenters. The lowest BCUT2D eigenvalue weighted by molar-refractivity contribution is -0.137. The normalized spacial score (nSPS) is 24.9. The van der Waals surface area contributed by atoms with Crippen LogP contribution < -0.4 is 0 Å². The minimum Gasteiger partial charge on any atom is -0.481 e. The van der Waals surface area contributed by atoms with Gasteiger partial charge in [0.05, 0.1) is 0 Å². The highest BCUT2D eigenvalue weighted by Gasteiger charge is 2.26. The molecule has 1 aliphatic heterocycles. The summed E-state index contributed by atoms with van der Waals surface area (Å²) in [5, 5.41) is 8.40. The molecule has 1 rings (SSSR count). The molecule has 1 aliphatic rings. The van der Waals surface area contributed by atoms with Crippen molar-refractivity contribution >= 4 is 18.5 Å². The topological polar surface area (TPSA) is 66.7 Å². The maximum atomic E-state index is 10.7. The van der Waals surface area contributed by atoms with Crippen molar-refractivity contribution in [2.24, 2.45) is 4.99 Å². The summed E-state index contributed by atoms with van der Waals surface area (Å²) < 4.78 is 0. The maximum Gasteiger partial charge on any atom is 0.303 e. The van der Waals surface area contributed by atoms with E-state index in [4.69, 9.17) is 5.11 Å². The Balaban J connectivity index is 2.42. The van der Waals surface area contributed by atoms with Gasteiger partial charge >= 0.3 is 5.97 Å². The van der Waals surface area contributed by atoms with E-state index in [1.807, 2.05) is 0 Å². The third-order valence-electron chi connectivity index (χ3n) is 1.96. The molecule has 0 amide bonds. The predicted molar refractivity (Wildman–Crippen MR) is 47.9 cm³/mol. The van der Waals surface area contributed by atoms with Gasteiger partial charge in [-0.05, 0) is 25.0 Å². The van der Waals surface area contributed by atoms with Crippen LogP contribution in [0.4, 0.5) is 0 Å². The smallest absolute Gasteiger partial charge is 0.303 e. The quantitative estimate of drug-likeness (QED) is 0.638. The number of carboxylic acids is 1. The van der Waals surface area contributed by atoms with E-state index < -0.39 is 11.5 Å². The summed E-state index contributed by atoms with van der Waals surface area (Å²) in [7, 11) is 0. The first-order chi connectivity index (χ1) is 6.18. The summed E-state index contributed by atoms with van der Waals surface area (Å²) in [6.07, 6.45) is 6.74. The molecule has 0 saturated heterocycles. The van der Waals surface area contributed by atoms with Crippen molar-refractivity contribution in [3.63, 3.8) is 0 Å². The fraction of sp³-hybridized carbons (Fsp3) is 0.444. The van der Waals surface area contributed by atoms with Crippen LogP contribution in [0.5, 0.6) is 0 Å². The van der Waals surface area contributed by atoms with Gasteiger partial charge in [-0.3, -0.25) is 9.79 Å². The molecular weight excluding hydrogens is 170 g/mol. The van der Waals surface area contributed by atoms with Crippen molar-refractivity contribution in [3.05, 3.63) is 12.2 Å². The summed E-state index contributed by atoms with van der Waals surface area (Å²) in [6.45, 7) is 0. The van der Waals surface area contributed by atoms with E-state index in [1.54, 1.807) is 18.4 Å². The molecule has 0 saturated carbocycles. The molecule has 0 radical (unpaired) electrons. The minimum atomic E-state index is -0.841. The molecule has 70 valence electrons. The number of aliphatic imine (C=N–C) groups is 1. The van der Waals surface area contributed by atoms with Gasteiger partial charge in [-0.1, -0.05) is 0 Å². The van der Waals surface area contributed by atoms with Gasteiger partial charge in [0.2, 0.25) is 0 Å². The Morgan fingerprint density at radius 1 is 1.62 bits per heavy atom. The van der Waals surface area contributed by atoms with E-state index in [0.717, 1.165) is 6.29 Å². The molecular formula is C9H11NO3. The van der Waals surface area contributed by atoms with Crippen LogP contribution >= 0.6 is 0 Å². The lowest BCUT2D eigenvalue weighted by Crippen LogP contribution is -2.23. The number of aliphatic carboxylic acids is 1. The van der Waals surface area contributed by atoms with Gasteiger partial charge in [-0.25, -0.2) is 0 Å². The fourth-order valence-corrected chi connectivity index (χ4v) is 1.23. The van der Waals surface area contributed by atoms with Crippen molar-refractivity contribution in [1.82, 2.24) is 0 Å². The van der Waals surface area contributed by atoms with Crippen LogP contribution in [-0.2, 0) is 9.59 Å². The first-order valence-corrected chi connectivity index (χ1v) is 4.10. The van der Waals surface area contributed by atoms with E-state index in [1.165, 1.54) is 0 Å². The number of carbonyl (C=O) groups excluding carboxylic acids is 1. The van der Waals surface area contributed by atoms with Crippen molar-refractivity contribution < 1.29 is 14.7 Å². The number of rotatable bonds is 5. The average molecular weight is 181 g/mol. The Labute approximate surface area is 76.0 Å². The number of aldehydes is 1. The monoisotopic (exact) mass is 181 g/mol. The van der Waals surface area contributed by atoms with Crippen LogP contribution in [0.15, 0.2) is 17.1 Å². The van der Waals surface area contributed by atoms with E-state index in [2.05, 4.69) is 4.99 Å². The molecule has 0 fully saturated rings. The van der Waals surface area contributed by atoms with Crippen LogP contribution in [0, 0.1) is 0 Å². The molecule has 0 bridgehead atoms. The van der Waals surface area contributed by atoms with Gasteiger partial charge in [0.1, 0.15) is 5.54 Å². The van der Waals surface area contributed by atoms with Crippen molar-refractivity contribution in [2.75, 3.05) is 0 Å². The molecule has 1 N–H and O–H groups in total. The Kier molecular flexibility index (Phi) is 2.95. The third kappa shape index (κ3) is 2.50. The highest BCUT2D eigenvalue weighted by molar-refractivity contribution is 5.83. The molecule has 0 aliphatic carbocycles. The van der Waals surface area contributed by atoms with Crippen molar-refractivity contribution in [3.8, 4) is 0 Å². The predicted octanol–water partition coefficient (Wildman–Crippen LogP) is 0.820. The summed E-state index contributed by atoms with van der Waals surface area (Å²) >= 11 is 0. The summed E-state index contributed by atoms with van der Waals surface area (Å²) in [4.78, 5) is 24.9. The van der Waals surface area contributed by atoms with E-state index in [9.17, 15) is 9.59 Å². The number of hydrogen-bond acceptors (Lipinski definition) is 3. The number of carbonyl (C=O) groups is 2. The second-order valence-electron chi connectivity index (χ2n) is 2.99. The summed E-state index contributed by atoms with van der Waals surface area (Å²) in [5.41, 5.74) is -0.782. The van der Waals surface area contributed by atoms with E-state index in [-0.39, 0.29) is 6.42 Å². The number of carboxylic acid groups (broad SMARTS) is 1. The summed E-state index contributed by atoms with van der Waals surface area (Å²) in [5.74, 6) is -0.841. The van der Waals surface area contributed by atoms with Gasteiger partial charge in [-0.15, -0.1) is 0 Å². The van der Waals surface area contributed by atoms with Crippen LogP contribution in [0.2, 0.25) is 0 Å². The lowest BCUT2D eigenvalue weighted by atomic mass is 9.96. The minimum absolute atomic E-state index is 0.0823. The zero-order valence-electron chi connectivity index (χ0n) is 7.14. The zero-order chi connectivity index (χ0) is 9.73. The van der Waals surface area contributed by atoms with Crippen LogP contribution in [-0.4, -0.2) is 29.1 Å². The largest absolute Gasteiger partial charge is 0.481 e. The van der Waals surface area contributed by atoms with Crippen LogP contribution in [0.1, 0.15) is 19.3 Å². The zero-order valence-corrected chi connectivity index (χ0v) is 7.14. The highest BCUT2D eigenvalue weighted by Crippen LogP contribution is 2.21. The molecule has 0 aromatic rings. The van der Waals surface area contributed by atoms with E-state index >= 15 is 0 Å². The molecule has 13 heavy (non-hydrogen) atoms. The van der Waals surface area contributed by atoms with Crippen molar-refractivity contribution in [2.45, 2.75) is 24.8 Å². The second kappa shape index (κ2) is 3.98. The fourth-order valence-electron chi connectivity index (χ4n) is 1.23. The maximum absolute atomic E-state index is 10.7. The average Bonchev–Trinajstić information content (AvgIpc) is 2.53. The molecule has 4 nitrogen and oxygen atoms in total. The molecule has 0 spiro atoms. The van der Waals surface area contributed by atoms with E-state index in [0.29, 0.717) is 12.8 Å². The van der Waals surface area contributed by atoms with Gasteiger partial charge in [0, 0.05) is 12.6 Å². The molecule has 0 aromatic heterocycles. The van der Waals surface area contributed by atoms with Crippen molar-refractivity contribution in [1.29, 1.82) is 0 Å². The second-order valence-corrected chi connectivity index (χ2v) is 2.99. The SMILES string of the molecule is O=CC1(CCCC(=O)O)C=CC=N1. The van der Waals surface area contributed by atoms with Gasteiger partial charge < -0.3 is 9.90 Å². The Bertz CT molecular complexity index is 256. The Hall–Kier alpha value is -1.45. The Morgan fingerprint density at radius 3 is 2.85 bits per heavy atom. The third-order valence-corrected chi connectivity index (χ3v) is 1.96. The number of hydrogen-bond donors (Lipinski definition) is 1. The lowest BCUT2D eigenvalue weighted by Gasteiger charge is -2.15. The Morgan fingerprint density at radius 2 is 2.38 bits per heavy atom. The summed E-state index contributed by atoms with van der Waals surface area (Å²) in [6, 6.07) is 0. The van der Waals surface area contributed by atoms with Crippen LogP contribution in [0.25, 0.3) is 0 Å². The van der Waals surface area contributed by atoms with Crippen LogP contribution in [0.3, 0.4) is 0 Å². The van der Waals surface area contributed by atoms with Gasteiger partial charge in [-0.2, -0.15) is 0 Å². The first-order valence-electron chi connectivity index (χ1n) is 4.10. The molecule has 4 heteroatoms. The van der Waals surface area contributed by atoms with Gasteiger partial charge in [0.25, 0.3) is 0 Å². The molecule has 0 aromatic carbocycles. The highest BCUT2D eigenvalue weighted by atomic mass is 16.4. The van der Waals surface area contributed by atoms with Gasteiger partial charge in [0.15, 0.2) is 6.29 Å². The first kappa shape index (κ1) is 9.64. The number of allylic oxidation sites excluding steroid dienone is 1. The molecule has 1 heterocycles.